The molecule has 0 aromatic carbocycles. The molecule has 0 saturated heterocycles. The van der Waals surface area contributed by atoms with Gasteiger partial charge in [0.1, 0.15) is 0 Å². The lowest BCUT2D eigenvalue weighted by Crippen LogP contribution is -2.44. The zero-order valence-corrected chi connectivity index (χ0v) is 12.0. The number of hydrogen-bond acceptors (Lipinski definition) is 3. The summed E-state index contributed by atoms with van der Waals surface area (Å²) >= 11 is 0. The van der Waals surface area contributed by atoms with Gasteiger partial charge < -0.3 is 15.9 Å². The van der Waals surface area contributed by atoms with Crippen molar-refractivity contribution in [3.05, 3.63) is 0 Å². The first-order chi connectivity index (χ1) is 8.54. The van der Waals surface area contributed by atoms with Gasteiger partial charge in [-0.25, -0.2) is 0 Å². The molecule has 0 spiro atoms. The SMILES string of the molecule is CCC(C)C[C@H](O)[C@H](O)[C@@H](N)CC1CCCCC1. The monoisotopic (exact) mass is 257 g/mol. The van der Waals surface area contributed by atoms with E-state index < -0.39 is 12.2 Å². The van der Waals surface area contributed by atoms with Gasteiger partial charge in [-0.05, 0) is 24.7 Å². The average Bonchev–Trinajstić information content (AvgIpc) is 2.38. The quantitative estimate of drug-likeness (QED) is 0.656. The average molecular weight is 257 g/mol. The van der Waals surface area contributed by atoms with Crippen LogP contribution < -0.4 is 5.73 Å². The summed E-state index contributed by atoms with van der Waals surface area (Å²) in [4.78, 5) is 0. The van der Waals surface area contributed by atoms with Gasteiger partial charge in [-0.3, -0.25) is 0 Å². The molecule has 3 nitrogen and oxygen atoms in total. The van der Waals surface area contributed by atoms with E-state index in [4.69, 9.17) is 5.73 Å². The molecule has 0 amide bonds. The van der Waals surface area contributed by atoms with Crippen LogP contribution in [0.1, 0.15) is 65.2 Å². The topological polar surface area (TPSA) is 66.5 Å². The summed E-state index contributed by atoms with van der Waals surface area (Å²) in [6.45, 7) is 4.20. The third kappa shape index (κ3) is 5.25. The molecule has 4 atom stereocenters. The molecule has 1 aliphatic rings. The van der Waals surface area contributed by atoms with E-state index in [2.05, 4.69) is 13.8 Å². The number of aliphatic hydroxyl groups is 2. The van der Waals surface area contributed by atoms with Gasteiger partial charge in [-0.2, -0.15) is 0 Å². The van der Waals surface area contributed by atoms with Crippen molar-refractivity contribution in [1.82, 2.24) is 0 Å². The molecule has 18 heavy (non-hydrogen) atoms. The Kier molecular flexibility index (Phi) is 7.20. The molecule has 0 aromatic rings. The van der Waals surface area contributed by atoms with Gasteiger partial charge in [0.05, 0.1) is 12.2 Å². The van der Waals surface area contributed by atoms with Gasteiger partial charge in [-0.1, -0.05) is 52.4 Å². The Labute approximate surface area is 112 Å². The molecule has 0 aliphatic heterocycles. The van der Waals surface area contributed by atoms with Crippen molar-refractivity contribution in [2.45, 2.75) is 83.5 Å². The number of aliphatic hydroxyl groups excluding tert-OH is 2. The second-order valence-corrected chi connectivity index (χ2v) is 6.21. The fourth-order valence-corrected chi connectivity index (χ4v) is 2.95. The largest absolute Gasteiger partial charge is 0.390 e. The van der Waals surface area contributed by atoms with Crippen molar-refractivity contribution in [3.8, 4) is 0 Å². The van der Waals surface area contributed by atoms with Crippen molar-refractivity contribution in [3.63, 3.8) is 0 Å². The molecule has 4 N–H and O–H groups in total. The van der Waals surface area contributed by atoms with Gasteiger partial charge in [0, 0.05) is 6.04 Å². The Balaban J connectivity index is 2.32. The normalized spacial score (nSPS) is 24.5. The highest BCUT2D eigenvalue weighted by molar-refractivity contribution is 4.82. The van der Waals surface area contributed by atoms with E-state index in [9.17, 15) is 10.2 Å². The lowest BCUT2D eigenvalue weighted by atomic mass is 9.82. The first kappa shape index (κ1) is 15.9. The molecule has 0 bridgehead atoms. The third-order valence-corrected chi connectivity index (χ3v) is 4.50. The molecule has 3 heteroatoms. The van der Waals surface area contributed by atoms with Crippen LogP contribution >= 0.6 is 0 Å². The second-order valence-electron chi connectivity index (χ2n) is 6.21. The fourth-order valence-electron chi connectivity index (χ4n) is 2.95. The highest BCUT2D eigenvalue weighted by atomic mass is 16.3. The minimum atomic E-state index is -0.763. The van der Waals surface area contributed by atoms with E-state index in [1.165, 1.54) is 32.1 Å². The number of nitrogens with two attached hydrogens (primary N) is 1. The van der Waals surface area contributed by atoms with Crippen LogP contribution in [0.25, 0.3) is 0 Å². The first-order valence-corrected chi connectivity index (χ1v) is 7.66. The second kappa shape index (κ2) is 8.13. The lowest BCUT2D eigenvalue weighted by Gasteiger charge is -2.30. The standard InChI is InChI=1S/C15H31NO2/c1-3-11(2)9-14(17)15(18)13(16)10-12-7-5-4-6-8-12/h11-15,17-18H,3-10,16H2,1-2H3/t11?,13-,14-,15+/m0/s1. The predicted octanol–water partition coefficient (Wildman–Crippen LogP) is 2.44. The minimum absolute atomic E-state index is 0.271. The molecule has 0 heterocycles. The highest BCUT2D eigenvalue weighted by Crippen LogP contribution is 2.28. The fraction of sp³-hybridized carbons (Fsp3) is 1.00. The number of rotatable bonds is 7. The molecule has 1 rings (SSSR count). The van der Waals surface area contributed by atoms with E-state index >= 15 is 0 Å². The highest BCUT2D eigenvalue weighted by Gasteiger charge is 2.27. The molecule has 1 saturated carbocycles. The summed E-state index contributed by atoms with van der Waals surface area (Å²) in [6.07, 6.45) is 7.51. The van der Waals surface area contributed by atoms with Crippen LogP contribution in [-0.4, -0.2) is 28.5 Å². The molecular formula is C15H31NO2. The Morgan fingerprint density at radius 1 is 1.17 bits per heavy atom. The zero-order chi connectivity index (χ0) is 13.5. The first-order valence-electron chi connectivity index (χ1n) is 7.66. The summed E-state index contributed by atoms with van der Waals surface area (Å²) < 4.78 is 0. The molecule has 0 aromatic heterocycles. The molecule has 0 radical (unpaired) electrons. The Morgan fingerprint density at radius 3 is 2.33 bits per heavy atom. The zero-order valence-electron chi connectivity index (χ0n) is 12.0. The molecule has 108 valence electrons. The summed E-state index contributed by atoms with van der Waals surface area (Å²) in [5, 5.41) is 20.1. The summed E-state index contributed by atoms with van der Waals surface area (Å²) in [5.41, 5.74) is 6.06. The van der Waals surface area contributed by atoms with Gasteiger partial charge in [0.25, 0.3) is 0 Å². The van der Waals surface area contributed by atoms with Crippen LogP contribution in [0.2, 0.25) is 0 Å². The molecule has 1 unspecified atom stereocenters. The van der Waals surface area contributed by atoms with E-state index in [1.807, 2.05) is 0 Å². The van der Waals surface area contributed by atoms with Gasteiger partial charge in [0.15, 0.2) is 0 Å². The summed E-state index contributed by atoms with van der Waals surface area (Å²) in [5.74, 6) is 1.09. The van der Waals surface area contributed by atoms with Crippen LogP contribution in [-0.2, 0) is 0 Å². The summed E-state index contributed by atoms with van der Waals surface area (Å²) in [6, 6.07) is -0.271. The molecular weight excluding hydrogens is 226 g/mol. The summed E-state index contributed by atoms with van der Waals surface area (Å²) in [7, 11) is 0. The Bertz CT molecular complexity index is 217. The van der Waals surface area contributed by atoms with Crippen LogP contribution in [0.15, 0.2) is 0 Å². The number of hydrogen-bond donors (Lipinski definition) is 3. The lowest BCUT2D eigenvalue weighted by molar-refractivity contribution is -0.0130. The van der Waals surface area contributed by atoms with Crippen molar-refractivity contribution >= 4 is 0 Å². The van der Waals surface area contributed by atoms with E-state index in [1.54, 1.807) is 0 Å². The van der Waals surface area contributed by atoms with E-state index in [0.717, 1.165) is 12.8 Å². The van der Waals surface area contributed by atoms with Crippen molar-refractivity contribution in [1.29, 1.82) is 0 Å². The smallest absolute Gasteiger partial charge is 0.0949 e. The van der Waals surface area contributed by atoms with Gasteiger partial charge in [-0.15, -0.1) is 0 Å². The predicted molar refractivity (Wildman–Crippen MR) is 75.3 cm³/mol. The third-order valence-electron chi connectivity index (χ3n) is 4.50. The van der Waals surface area contributed by atoms with E-state index in [-0.39, 0.29) is 6.04 Å². The van der Waals surface area contributed by atoms with Crippen LogP contribution in [0, 0.1) is 11.8 Å². The maximum Gasteiger partial charge on any atom is 0.0949 e. The van der Waals surface area contributed by atoms with Crippen molar-refractivity contribution < 1.29 is 10.2 Å². The minimum Gasteiger partial charge on any atom is -0.390 e. The van der Waals surface area contributed by atoms with Crippen LogP contribution in [0.4, 0.5) is 0 Å². The maximum absolute atomic E-state index is 10.1. The molecule has 1 aliphatic carbocycles. The Morgan fingerprint density at radius 2 is 1.78 bits per heavy atom. The van der Waals surface area contributed by atoms with Crippen molar-refractivity contribution in [2.75, 3.05) is 0 Å². The van der Waals surface area contributed by atoms with Crippen LogP contribution in [0.3, 0.4) is 0 Å². The van der Waals surface area contributed by atoms with Gasteiger partial charge >= 0.3 is 0 Å². The Hall–Kier alpha value is -0.120. The van der Waals surface area contributed by atoms with E-state index in [0.29, 0.717) is 18.3 Å². The van der Waals surface area contributed by atoms with Crippen LogP contribution in [0.5, 0.6) is 0 Å². The maximum atomic E-state index is 10.1. The van der Waals surface area contributed by atoms with Gasteiger partial charge in [0.2, 0.25) is 0 Å². The molecule has 1 fully saturated rings. The van der Waals surface area contributed by atoms with Crippen molar-refractivity contribution in [2.24, 2.45) is 17.6 Å².